The number of hydrogen-bond donors (Lipinski definition) is 0. The fourth-order valence-corrected chi connectivity index (χ4v) is 4.03. The molecular weight excluding hydrogens is 348 g/mol. The summed E-state index contributed by atoms with van der Waals surface area (Å²) in [7, 11) is -4.10. The minimum absolute atomic E-state index is 0.0422. The maximum absolute atomic E-state index is 13.2. The van der Waals surface area contributed by atoms with Crippen molar-refractivity contribution in [2.45, 2.75) is 11.8 Å². The smallest absolute Gasteiger partial charge is 0.271 e. The summed E-state index contributed by atoms with van der Waals surface area (Å²) in [5.41, 5.74) is 1.76. The van der Waals surface area contributed by atoms with E-state index in [0.717, 1.165) is 15.9 Å². The second kappa shape index (κ2) is 7.01. The number of hydrogen-bond acceptors (Lipinski definition) is 3. The van der Waals surface area contributed by atoms with E-state index in [9.17, 15) is 13.2 Å². The lowest BCUT2D eigenvalue weighted by Gasteiger charge is -2.24. The molecule has 0 N–H and O–H groups in total. The van der Waals surface area contributed by atoms with Crippen LogP contribution in [0.2, 0.25) is 0 Å². The Balaban J connectivity index is 2.22. The van der Waals surface area contributed by atoms with E-state index in [1.54, 1.807) is 53.4 Å². The largest absolute Gasteiger partial charge is 0.322 e. The van der Waals surface area contributed by atoms with Crippen molar-refractivity contribution < 1.29 is 13.2 Å². The molecule has 2 aromatic carbocycles. The average Bonchev–Trinajstić information content (AvgIpc) is 3.17. The molecule has 3 rings (SSSR count). The van der Waals surface area contributed by atoms with Crippen molar-refractivity contribution in [3.63, 3.8) is 0 Å². The Kier molecular flexibility index (Phi) is 4.77. The van der Waals surface area contributed by atoms with Gasteiger partial charge in [0.25, 0.3) is 15.9 Å². The maximum atomic E-state index is 13.2. The van der Waals surface area contributed by atoms with Crippen LogP contribution in [0.4, 0.5) is 5.69 Å². The highest BCUT2D eigenvalue weighted by molar-refractivity contribution is 7.93. The molecule has 5 nitrogen and oxygen atoms in total. The second-order valence-electron chi connectivity index (χ2n) is 5.70. The molecule has 0 radical (unpaired) electrons. The van der Waals surface area contributed by atoms with Gasteiger partial charge in [0.1, 0.15) is 0 Å². The first-order valence-electron chi connectivity index (χ1n) is 7.96. The van der Waals surface area contributed by atoms with E-state index in [0.29, 0.717) is 5.69 Å². The van der Waals surface area contributed by atoms with Crippen molar-refractivity contribution in [1.29, 1.82) is 0 Å². The summed E-state index contributed by atoms with van der Waals surface area (Å²) in [5, 5.41) is 0. The molecule has 0 bridgehead atoms. The number of anilines is 1. The van der Waals surface area contributed by atoms with Gasteiger partial charge < -0.3 is 4.57 Å². The van der Waals surface area contributed by atoms with Gasteiger partial charge in [0.2, 0.25) is 0 Å². The van der Waals surface area contributed by atoms with Crippen molar-refractivity contribution in [2.75, 3.05) is 4.31 Å². The predicted molar refractivity (Wildman–Crippen MR) is 102 cm³/mol. The summed E-state index contributed by atoms with van der Waals surface area (Å²) < 4.78 is 29.0. The number of nitrogens with zero attached hydrogens (tertiary/aromatic N) is 2. The molecule has 0 fully saturated rings. The molecule has 0 aliphatic rings. The summed E-state index contributed by atoms with van der Waals surface area (Å²) in [6, 6.07) is 16.9. The molecule has 0 saturated carbocycles. The van der Waals surface area contributed by atoms with Gasteiger partial charge in [-0.1, -0.05) is 36.4 Å². The maximum Gasteiger partial charge on any atom is 0.271 e. The van der Waals surface area contributed by atoms with E-state index >= 15 is 0 Å². The van der Waals surface area contributed by atoms with E-state index in [1.165, 1.54) is 12.1 Å². The van der Waals surface area contributed by atoms with Gasteiger partial charge in [-0.3, -0.25) is 4.79 Å². The Morgan fingerprint density at radius 3 is 2.23 bits per heavy atom. The van der Waals surface area contributed by atoms with E-state index < -0.39 is 15.9 Å². The molecule has 1 heterocycles. The number of aryl methyl sites for hydroxylation is 1. The molecule has 26 heavy (non-hydrogen) atoms. The average molecular weight is 366 g/mol. The van der Waals surface area contributed by atoms with Crippen molar-refractivity contribution in [3.05, 3.63) is 91.3 Å². The third-order valence-electron chi connectivity index (χ3n) is 3.92. The second-order valence-corrected chi connectivity index (χ2v) is 7.49. The Labute approximate surface area is 152 Å². The van der Waals surface area contributed by atoms with Crippen LogP contribution in [-0.2, 0) is 14.8 Å². The van der Waals surface area contributed by atoms with Crippen molar-refractivity contribution >= 4 is 21.6 Å². The third kappa shape index (κ3) is 3.19. The van der Waals surface area contributed by atoms with Gasteiger partial charge in [-0.05, 0) is 49.4 Å². The number of carbonyl (C=O) groups is 1. The van der Waals surface area contributed by atoms with Crippen molar-refractivity contribution in [1.82, 2.24) is 4.57 Å². The van der Waals surface area contributed by atoms with Crippen LogP contribution < -0.4 is 4.31 Å². The van der Waals surface area contributed by atoms with Crippen molar-refractivity contribution in [3.8, 4) is 5.69 Å². The lowest BCUT2D eigenvalue weighted by molar-refractivity contribution is -0.113. The number of amides is 1. The number of rotatable bonds is 5. The molecular formula is C20H18N2O3S. The highest BCUT2D eigenvalue weighted by Gasteiger charge is 2.31. The zero-order valence-corrected chi connectivity index (χ0v) is 15.1. The van der Waals surface area contributed by atoms with Gasteiger partial charge in [-0.2, -0.15) is 4.31 Å². The van der Waals surface area contributed by atoms with E-state index in [4.69, 9.17) is 0 Å². The van der Waals surface area contributed by atoms with Crippen LogP contribution in [0.5, 0.6) is 0 Å². The summed E-state index contributed by atoms with van der Waals surface area (Å²) >= 11 is 0. The fraction of sp³-hybridized carbons (Fsp3) is 0.0500. The van der Waals surface area contributed by atoms with Gasteiger partial charge in [0.15, 0.2) is 0 Å². The molecule has 6 heteroatoms. The molecule has 0 unspecified atom stereocenters. The zero-order chi connectivity index (χ0) is 18.7. The Morgan fingerprint density at radius 1 is 1.00 bits per heavy atom. The van der Waals surface area contributed by atoms with E-state index in [-0.39, 0.29) is 10.6 Å². The van der Waals surface area contributed by atoms with E-state index in [1.807, 2.05) is 19.1 Å². The molecule has 3 aromatic rings. The summed E-state index contributed by atoms with van der Waals surface area (Å²) in [5.74, 6) is -0.717. The first-order chi connectivity index (χ1) is 12.4. The number of aromatic nitrogens is 1. The number of sulfonamides is 1. The Morgan fingerprint density at radius 2 is 1.62 bits per heavy atom. The minimum Gasteiger partial charge on any atom is -0.322 e. The first-order valence-corrected chi connectivity index (χ1v) is 9.40. The standard InChI is InChI=1S/C20H18N2O3S/c1-3-20(23)22(26(24,25)17-12-10-16(2)11-13-17)19-9-5-4-8-18(19)21-14-6-7-15-21/h3-15H,1H2,2H3. The molecule has 0 atom stereocenters. The molecule has 1 amide bonds. The molecule has 0 spiro atoms. The van der Waals surface area contributed by atoms with Crippen LogP contribution in [0.3, 0.4) is 0 Å². The van der Waals surface area contributed by atoms with Crippen LogP contribution in [-0.4, -0.2) is 18.9 Å². The Bertz CT molecular complexity index is 1040. The zero-order valence-electron chi connectivity index (χ0n) is 14.2. The topological polar surface area (TPSA) is 59.4 Å². The van der Waals surface area contributed by atoms with Crippen molar-refractivity contribution in [2.24, 2.45) is 0 Å². The highest BCUT2D eigenvalue weighted by Crippen LogP contribution is 2.30. The van der Waals surface area contributed by atoms with Crippen LogP contribution in [0, 0.1) is 6.92 Å². The van der Waals surface area contributed by atoms with Gasteiger partial charge >= 0.3 is 0 Å². The summed E-state index contributed by atoms with van der Waals surface area (Å²) in [6.07, 6.45) is 4.57. The predicted octanol–water partition coefficient (Wildman–Crippen LogP) is 3.69. The lowest BCUT2D eigenvalue weighted by atomic mass is 10.2. The van der Waals surface area contributed by atoms with Crippen LogP contribution >= 0.6 is 0 Å². The van der Waals surface area contributed by atoms with Gasteiger partial charge in [-0.25, -0.2) is 8.42 Å². The monoisotopic (exact) mass is 366 g/mol. The van der Waals surface area contributed by atoms with Gasteiger partial charge in [0.05, 0.1) is 16.3 Å². The summed E-state index contributed by atoms with van der Waals surface area (Å²) in [6.45, 7) is 5.32. The SMILES string of the molecule is C=CC(=O)N(c1ccccc1-n1cccc1)S(=O)(=O)c1ccc(C)cc1. The minimum atomic E-state index is -4.10. The molecule has 0 aliphatic carbocycles. The lowest BCUT2D eigenvalue weighted by Crippen LogP contribution is -2.36. The Hall–Kier alpha value is -3.12. The van der Waals surface area contributed by atoms with Gasteiger partial charge in [0, 0.05) is 12.4 Å². The van der Waals surface area contributed by atoms with E-state index in [2.05, 4.69) is 6.58 Å². The normalized spacial score (nSPS) is 11.1. The molecule has 0 aliphatic heterocycles. The number of para-hydroxylation sites is 2. The fourth-order valence-electron chi connectivity index (χ4n) is 2.61. The molecule has 0 saturated heterocycles. The molecule has 1 aromatic heterocycles. The number of carbonyl (C=O) groups excluding carboxylic acids is 1. The highest BCUT2D eigenvalue weighted by atomic mass is 32.2. The van der Waals surface area contributed by atoms with Gasteiger partial charge in [-0.15, -0.1) is 0 Å². The quantitative estimate of drug-likeness (QED) is 0.647. The first kappa shape index (κ1) is 17.7. The van der Waals surface area contributed by atoms with Crippen LogP contribution in [0.1, 0.15) is 5.56 Å². The van der Waals surface area contributed by atoms with Crippen LogP contribution in [0.15, 0.2) is 90.6 Å². The summed E-state index contributed by atoms with van der Waals surface area (Å²) in [4.78, 5) is 12.6. The molecule has 132 valence electrons. The van der Waals surface area contributed by atoms with Crippen LogP contribution in [0.25, 0.3) is 5.69 Å². The number of benzene rings is 2. The third-order valence-corrected chi connectivity index (χ3v) is 5.64.